The van der Waals surface area contributed by atoms with Crippen LogP contribution in [0.4, 0.5) is 4.79 Å². The van der Waals surface area contributed by atoms with E-state index in [2.05, 4.69) is 12.2 Å². The van der Waals surface area contributed by atoms with Gasteiger partial charge in [-0.1, -0.05) is 32.6 Å². The number of benzene rings is 1. The number of amides is 1. The molecule has 174 valence electrons. The monoisotopic (exact) mass is 444 g/mol. The van der Waals surface area contributed by atoms with Gasteiger partial charge in [0.1, 0.15) is 17.9 Å². The fraction of sp³-hybridized carbons (Fsp3) is 0.542. The molecule has 3 rings (SSSR count). The van der Waals surface area contributed by atoms with E-state index in [0.717, 1.165) is 30.2 Å². The number of hydrogen-bond acceptors (Lipinski definition) is 7. The molecule has 1 aliphatic rings. The predicted molar refractivity (Wildman–Crippen MR) is 121 cm³/mol. The van der Waals surface area contributed by atoms with Gasteiger partial charge in [0.15, 0.2) is 0 Å². The summed E-state index contributed by atoms with van der Waals surface area (Å²) in [4.78, 5) is 38.1. The molecule has 1 aromatic heterocycles. The first-order valence-corrected chi connectivity index (χ1v) is 11.4. The van der Waals surface area contributed by atoms with E-state index in [4.69, 9.17) is 13.9 Å². The fourth-order valence-corrected chi connectivity index (χ4v) is 3.81. The van der Waals surface area contributed by atoms with Crippen LogP contribution in [0.15, 0.2) is 33.5 Å². The molecule has 32 heavy (non-hydrogen) atoms. The summed E-state index contributed by atoms with van der Waals surface area (Å²) in [6.07, 6.45) is 5.20. The molecule has 2 heterocycles. The molecule has 1 amide bonds. The van der Waals surface area contributed by atoms with Gasteiger partial charge in [-0.15, -0.1) is 0 Å². The Labute approximate surface area is 187 Å². The highest BCUT2D eigenvalue weighted by atomic mass is 16.6. The van der Waals surface area contributed by atoms with Crippen molar-refractivity contribution in [2.24, 2.45) is 0 Å². The molecule has 0 aliphatic carbocycles. The summed E-state index contributed by atoms with van der Waals surface area (Å²) >= 11 is 0. The molecular weight excluding hydrogens is 412 g/mol. The standard InChI is InChI=1S/C24H32N2O6/c1-3-4-5-6-7-8-22(27)30-16-18-15-25-11-12-26(18)24(29)31-19-9-10-20-17(2)13-23(28)32-21(20)14-19/h9-10,13-14,18,25H,3-8,11-12,15-16H2,1-2H3. The third kappa shape index (κ3) is 6.56. The van der Waals surface area contributed by atoms with Gasteiger partial charge in [-0.05, 0) is 31.0 Å². The Morgan fingerprint density at radius 2 is 2.00 bits per heavy atom. The average molecular weight is 445 g/mol. The molecule has 1 N–H and O–H groups in total. The molecule has 8 heteroatoms. The van der Waals surface area contributed by atoms with Gasteiger partial charge in [0.05, 0.1) is 6.04 Å². The van der Waals surface area contributed by atoms with E-state index in [0.29, 0.717) is 31.6 Å². The van der Waals surface area contributed by atoms with Crippen LogP contribution in [0.5, 0.6) is 5.75 Å². The lowest BCUT2D eigenvalue weighted by atomic mass is 10.1. The van der Waals surface area contributed by atoms with Crippen LogP contribution < -0.4 is 15.7 Å². The topological polar surface area (TPSA) is 98.1 Å². The minimum absolute atomic E-state index is 0.127. The van der Waals surface area contributed by atoms with Crippen molar-refractivity contribution in [2.45, 2.75) is 58.4 Å². The molecule has 0 spiro atoms. The molecular formula is C24H32N2O6. The van der Waals surface area contributed by atoms with Crippen LogP contribution in [0, 0.1) is 6.92 Å². The largest absolute Gasteiger partial charge is 0.463 e. The Bertz CT molecular complexity index is 986. The molecule has 0 saturated carbocycles. The predicted octanol–water partition coefficient (Wildman–Crippen LogP) is 3.78. The van der Waals surface area contributed by atoms with Crippen LogP contribution in [-0.2, 0) is 9.53 Å². The van der Waals surface area contributed by atoms with E-state index >= 15 is 0 Å². The maximum Gasteiger partial charge on any atom is 0.415 e. The Kier molecular flexibility index (Phi) is 8.67. The molecule has 2 aromatic rings. The highest BCUT2D eigenvalue weighted by molar-refractivity contribution is 5.82. The van der Waals surface area contributed by atoms with Gasteiger partial charge in [-0.2, -0.15) is 0 Å². The number of carbonyl (C=O) groups is 2. The second kappa shape index (κ2) is 11.7. The summed E-state index contributed by atoms with van der Waals surface area (Å²) in [5, 5.41) is 4.00. The van der Waals surface area contributed by atoms with Crippen LogP contribution in [0.3, 0.4) is 0 Å². The Hall–Kier alpha value is -2.87. The number of fused-ring (bicyclic) bond motifs is 1. The van der Waals surface area contributed by atoms with Gasteiger partial charge >= 0.3 is 17.7 Å². The quantitative estimate of drug-likeness (QED) is 0.357. The van der Waals surface area contributed by atoms with Crippen molar-refractivity contribution in [2.75, 3.05) is 26.2 Å². The van der Waals surface area contributed by atoms with E-state index in [1.807, 2.05) is 6.92 Å². The summed E-state index contributed by atoms with van der Waals surface area (Å²) in [6, 6.07) is 6.08. The minimum atomic E-state index is -0.526. The van der Waals surface area contributed by atoms with E-state index in [9.17, 15) is 14.4 Å². The van der Waals surface area contributed by atoms with Crippen LogP contribution in [0.2, 0.25) is 0 Å². The number of nitrogens with zero attached hydrogens (tertiary/aromatic N) is 1. The number of piperazine rings is 1. The van der Waals surface area contributed by atoms with Gasteiger partial charge < -0.3 is 19.2 Å². The first-order chi connectivity index (χ1) is 15.5. The van der Waals surface area contributed by atoms with Crippen LogP contribution in [0.1, 0.15) is 51.0 Å². The molecule has 1 aromatic carbocycles. The second-order valence-corrected chi connectivity index (χ2v) is 8.17. The smallest absolute Gasteiger partial charge is 0.415 e. The molecule has 0 radical (unpaired) electrons. The zero-order chi connectivity index (χ0) is 22.9. The molecule has 1 unspecified atom stereocenters. The average Bonchev–Trinajstić information content (AvgIpc) is 2.77. The number of unbranched alkanes of at least 4 members (excludes halogenated alkanes) is 4. The fourth-order valence-electron chi connectivity index (χ4n) is 3.81. The molecule has 1 fully saturated rings. The lowest BCUT2D eigenvalue weighted by Crippen LogP contribution is -2.56. The van der Waals surface area contributed by atoms with Gasteiger partial charge in [0.25, 0.3) is 0 Å². The summed E-state index contributed by atoms with van der Waals surface area (Å²) in [5.41, 5.74) is 0.710. The van der Waals surface area contributed by atoms with Crippen molar-refractivity contribution in [3.05, 3.63) is 40.2 Å². The van der Waals surface area contributed by atoms with Gasteiger partial charge in [0, 0.05) is 43.6 Å². The van der Waals surface area contributed by atoms with Crippen molar-refractivity contribution >= 4 is 23.0 Å². The molecule has 1 saturated heterocycles. The summed E-state index contributed by atoms with van der Waals surface area (Å²) in [7, 11) is 0. The van der Waals surface area contributed by atoms with Gasteiger partial charge in [0.2, 0.25) is 0 Å². The van der Waals surface area contributed by atoms with Crippen molar-refractivity contribution < 1.29 is 23.5 Å². The normalized spacial score (nSPS) is 16.2. The second-order valence-electron chi connectivity index (χ2n) is 8.17. The number of rotatable bonds is 9. The van der Waals surface area contributed by atoms with E-state index in [1.165, 1.54) is 25.0 Å². The maximum absolute atomic E-state index is 12.8. The zero-order valence-corrected chi connectivity index (χ0v) is 18.9. The van der Waals surface area contributed by atoms with Crippen molar-refractivity contribution in [1.29, 1.82) is 0 Å². The van der Waals surface area contributed by atoms with Crippen LogP contribution in [0.25, 0.3) is 11.0 Å². The summed E-state index contributed by atoms with van der Waals surface area (Å²) in [5.74, 6) is 0.0536. The Balaban J connectivity index is 1.55. The first kappa shape index (κ1) is 23.8. The van der Waals surface area contributed by atoms with E-state index in [1.54, 1.807) is 17.0 Å². The molecule has 1 atom stereocenters. The third-order valence-electron chi connectivity index (χ3n) is 5.63. The number of carbonyl (C=O) groups excluding carboxylic acids is 2. The summed E-state index contributed by atoms with van der Waals surface area (Å²) < 4.78 is 16.2. The highest BCUT2D eigenvalue weighted by Gasteiger charge is 2.29. The van der Waals surface area contributed by atoms with Gasteiger partial charge in [-0.25, -0.2) is 9.59 Å². The van der Waals surface area contributed by atoms with Gasteiger partial charge in [-0.3, -0.25) is 9.69 Å². The molecule has 8 nitrogen and oxygen atoms in total. The lowest BCUT2D eigenvalue weighted by Gasteiger charge is -2.34. The van der Waals surface area contributed by atoms with E-state index < -0.39 is 11.7 Å². The number of ether oxygens (including phenoxy) is 2. The summed E-state index contributed by atoms with van der Waals surface area (Å²) in [6.45, 7) is 5.69. The number of aryl methyl sites for hydroxylation is 1. The lowest BCUT2D eigenvalue weighted by molar-refractivity contribution is -0.145. The number of esters is 1. The maximum atomic E-state index is 12.8. The van der Waals surface area contributed by atoms with Crippen molar-refractivity contribution in [1.82, 2.24) is 10.2 Å². The minimum Gasteiger partial charge on any atom is -0.463 e. The highest BCUT2D eigenvalue weighted by Crippen LogP contribution is 2.23. The van der Waals surface area contributed by atoms with Crippen molar-refractivity contribution in [3.63, 3.8) is 0 Å². The molecule has 1 aliphatic heterocycles. The third-order valence-corrected chi connectivity index (χ3v) is 5.63. The number of hydrogen-bond donors (Lipinski definition) is 1. The Morgan fingerprint density at radius 3 is 2.81 bits per heavy atom. The van der Waals surface area contributed by atoms with Crippen molar-refractivity contribution in [3.8, 4) is 5.75 Å². The SMILES string of the molecule is CCCCCCCC(=O)OCC1CNCCN1C(=O)Oc1ccc2c(C)cc(=O)oc2c1. The zero-order valence-electron chi connectivity index (χ0n) is 18.9. The van der Waals surface area contributed by atoms with Crippen LogP contribution >= 0.6 is 0 Å². The number of nitrogens with one attached hydrogen (secondary N) is 1. The molecule has 0 bridgehead atoms. The van der Waals surface area contributed by atoms with E-state index in [-0.39, 0.29) is 24.4 Å². The Morgan fingerprint density at radius 1 is 1.19 bits per heavy atom. The van der Waals surface area contributed by atoms with Crippen LogP contribution in [-0.4, -0.2) is 49.2 Å². The first-order valence-electron chi connectivity index (χ1n) is 11.4.